The molecule has 1 aromatic heterocycles. The van der Waals surface area contributed by atoms with Gasteiger partial charge in [0, 0.05) is 6.20 Å². The van der Waals surface area contributed by atoms with Crippen LogP contribution in [0.3, 0.4) is 0 Å². The Morgan fingerprint density at radius 2 is 2.25 bits per heavy atom. The highest BCUT2D eigenvalue weighted by Gasteiger charge is 2.08. The Hall–Kier alpha value is -1.38. The quantitative estimate of drug-likeness (QED) is 0.675. The number of carbonyl (C=O) groups excluding carboxylic acids is 1. The number of nitrogens with two attached hydrogens (primary N) is 1. The summed E-state index contributed by atoms with van der Waals surface area (Å²) in [5, 5.41) is 0. The molecule has 1 heterocycles. The van der Waals surface area contributed by atoms with Crippen molar-refractivity contribution >= 4 is 12.1 Å². The van der Waals surface area contributed by atoms with Crippen LogP contribution in [0.1, 0.15) is 35.7 Å². The third kappa shape index (κ3) is 1.44. The number of nitrogens with zero attached hydrogens (tertiary/aromatic N) is 1. The molecule has 0 aromatic carbocycles. The number of aldehydes is 1. The van der Waals surface area contributed by atoms with E-state index in [1.54, 1.807) is 6.20 Å². The second-order valence-electron chi connectivity index (χ2n) is 2.97. The van der Waals surface area contributed by atoms with Gasteiger partial charge in [0.15, 0.2) is 6.29 Å². The molecule has 12 heavy (non-hydrogen) atoms. The Morgan fingerprint density at radius 3 is 2.67 bits per heavy atom. The Bertz CT molecular complexity index is 295. The van der Waals surface area contributed by atoms with Crippen molar-refractivity contribution in [3.05, 3.63) is 23.4 Å². The Labute approximate surface area is 71.6 Å². The maximum Gasteiger partial charge on any atom is 0.154 e. The van der Waals surface area contributed by atoms with Crippen LogP contribution in [0.25, 0.3) is 0 Å². The molecule has 3 heteroatoms. The summed E-state index contributed by atoms with van der Waals surface area (Å²) >= 11 is 0. The third-order valence-corrected chi connectivity index (χ3v) is 1.79. The molecular formula is C9H12N2O. The van der Waals surface area contributed by atoms with Crippen molar-refractivity contribution in [3.8, 4) is 0 Å². The van der Waals surface area contributed by atoms with Crippen molar-refractivity contribution in [3.63, 3.8) is 0 Å². The Balaban J connectivity index is 3.27. The van der Waals surface area contributed by atoms with Crippen molar-refractivity contribution < 1.29 is 4.79 Å². The molecule has 1 rings (SSSR count). The highest BCUT2D eigenvalue weighted by Crippen LogP contribution is 2.20. The van der Waals surface area contributed by atoms with Crippen molar-refractivity contribution in [1.29, 1.82) is 0 Å². The number of pyridine rings is 1. The second-order valence-corrected chi connectivity index (χ2v) is 2.97. The van der Waals surface area contributed by atoms with Gasteiger partial charge in [0.1, 0.15) is 5.82 Å². The number of rotatable bonds is 2. The van der Waals surface area contributed by atoms with Crippen LogP contribution in [-0.2, 0) is 0 Å². The van der Waals surface area contributed by atoms with E-state index in [1.165, 1.54) is 0 Å². The standard InChI is InChI=1S/C9H12N2O/c1-6(2)7-3-4-11-9(10)8(7)5-12/h3-6H,1-2H3,(H2,10,11). The number of hydrogen-bond acceptors (Lipinski definition) is 3. The third-order valence-electron chi connectivity index (χ3n) is 1.79. The topological polar surface area (TPSA) is 56.0 Å². The van der Waals surface area contributed by atoms with Gasteiger partial charge < -0.3 is 5.73 Å². The van der Waals surface area contributed by atoms with Crippen LogP contribution in [0.15, 0.2) is 12.3 Å². The molecule has 0 bridgehead atoms. The molecule has 2 N–H and O–H groups in total. The van der Waals surface area contributed by atoms with Gasteiger partial charge in [0.2, 0.25) is 0 Å². The van der Waals surface area contributed by atoms with Crippen molar-refractivity contribution in [2.75, 3.05) is 5.73 Å². The van der Waals surface area contributed by atoms with E-state index in [0.29, 0.717) is 17.3 Å². The summed E-state index contributed by atoms with van der Waals surface area (Å²) in [5.74, 6) is 0.617. The first-order valence-electron chi connectivity index (χ1n) is 3.86. The predicted octanol–water partition coefficient (Wildman–Crippen LogP) is 1.60. The lowest BCUT2D eigenvalue weighted by Gasteiger charge is -2.08. The second kappa shape index (κ2) is 3.34. The SMILES string of the molecule is CC(C)c1ccnc(N)c1C=O. The van der Waals surface area contributed by atoms with Gasteiger partial charge in [-0.2, -0.15) is 0 Å². The molecule has 0 aliphatic carbocycles. The fourth-order valence-corrected chi connectivity index (χ4v) is 1.14. The molecule has 0 aliphatic rings. The molecule has 64 valence electrons. The van der Waals surface area contributed by atoms with Crippen molar-refractivity contribution in [2.24, 2.45) is 0 Å². The highest BCUT2D eigenvalue weighted by atomic mass is 16.1. The minimum atomic E-state index is 0.301. The Kier molecular flexibility index (Phi) is 2.43. The van der Waals surface area contributed by atoms with Gasteiger partial charge in [-0.1, -0.05) is 13.8 Å². The summed E-state index contributed by atoms with van der Waals surface area (Å²) in [5.41, 5.74) is 7.00. The van der Waals surface area contributed by atoms with Crippen LogP contribution in [-0.4, -0.2) is 11.3 Å². The molecule has 0 aliphatic heterocycles. The van der Waals surface area contributed by atoms with Gasteiger partial charge >= 0.3 is 0 Å². The smallest absolute Gasteiger partial charge is 0.154 e. The van der Waals surface area contributed by atoms with Crippen LogP contribution in [0, 0.1) is 0 Å². The van der Waals surface area contributed by atoms with Crippen LogP contribution in [0.5, 0.6) is 0 Å². The molecule has 0 saturated heterocycles. The first-order valence-corrected chi connectivity index (χ1v) is 3.86. The van der Waals surface area contributed by atoms with Gasteiger partial charge in [0.05, 0.1) is 5.56 Å². The summed E-state index contributed by atoms with van der Waals surface area (Å²) in [7, 11) is 0. The average Bonchev–Trinajstić information content (AvgIpc) is 2.03. The zero-order chi connectivity index (χ0) is 9.14. The van der Waals surface area contributed by atoms with Crippen LogP contribution >= 0.6 is 0 Å². The minimum Gasteiger partial charge on any atom is -0.383 e. The maximum absolute atomic E-state index is 10.6. The molecule has 3 nitrogen and oxygen atoms in total. The van der Waals surface area contributed by atoms with E-state index in [-0.39, 0.29) is 0 Å². The number of anilines is 1. The van der Waals surface area contributed by atoms with E-state index in [9.17, 15) is 4.79 Å². The molecule has 0 spiro atoms. The lowest BCUT2D eigenvalue weighted by atomic mass is 9.99. The molecule has 1 aromatic rings. The van der Waals surface area contributed by atoms with E-state index in [1.807, 2.05) is 19.9 Å². The van der Waals surface area contributed by atoms with E-state index in [0.717, 1.165) is 11.8 Å². The highest BCUT2D eigenvalue weighted by molar-refractivity contribution is 5.84. The van der Waals surface area contributed by atoms with Gasteiger partial charge in [-0.3, -0.25) is 4.79 Å². The number of hydrogen-bond donors (Lipinski definition) is 1. The Morgan fingerprint density at radius 1 is 1.58 bits per heavy atom. The zero-order valence-corrected chi connectivity index (χ0v) is 7.24. The average molecular weight is 164 g/mol. The molecule has 0 radical (unpaired) electrons. The largest absolute Gasteiger partial charge is 0.383 e. The normalized spacial score (nSPS) is 10.2. The van der Waals surface area contributed by atoms with E-state index < -0.39 is 0 Å². The first-order chi connectivity index (χ1) is 5.66. The van der Waals surface area contributed by atoms with Gasteiger partial charge in [-0.05, 0) is 17.5 Å². The monoisotopic (exact) mass is 164 g/mol. The van der Waals surface area contributed by atoms with E-state index >= 15 is 0 Å². The van der Waals surface area contributed by atoms with Crippen LogP contribution < -0.4 is 5.73 Å². The summed E-state index contributed by atoms with van der Waals surface area (Å²) < 4.78 is 0. The van der Waals surface area contributed by atoms with Gasteiger partial charge in [0.25, 0.3) is 0 Å². The summed E-state index contributed by atoms with van der Waals surface area (Å²) in [4.78, 5) is 14.5. The predicted molar refractivity (Wildman–Crippen MR) is 48.1 cm³/mol. The molecule has 0 saturated carbocycles. The van der Waals surface area contributed by atoms with Gasteiger partial charge in [-0.25, -0.2) is 4.98 Å². The number of aromatic nitrogens is 1. The minimum absolute atomic E-state index is 0.301. The van der Waals surface area contributed by atoms with Crippen molar-refractivity contribution in [1.82, 2.24) is 4.98 Å². The van der Waals surface area contributed by atoms with Crippen LogP contribution in [0.2, 0.25) is 0 Å². The van der Waals surface area contributed by atoms with E-state index in [2.05, 4.69) is 4.98 Å². The maximum atomic E-state index is 10.6. The molecule has 0 fully saturated rings. The summed E-state index contributed by atoms with van der Waals surface area (Å²) in [6.45, 7) is 4.03. The summed E-state index contributed by atoms with van der Waals surface area (Å²) in [6, 6.07) is 1.82. The fraction of sp³-hybridized carbons (Fsp3) is 0.333. The first kappa shape index (κ1) is 8.71. The fourth-order valence-electron chi connectivity index (χ4n) is 1.14. The molecular weight excluding hydrogens is 152 g/mol. The lowest BCUT2D eigenvalue weighted by molar-refractivity contribution is 0.112. The molecule has 0 atom stereocenters. The number of nitrogen functional groups attached to an aromatic ring is 1. The van der Waals surface area contributed by atoms with Gasteiger partial charge in [-0.15, -0.1) is 0 Å². The zero-order valence-electron chi connectivity index (χ0n) is 7.24. The van der Waals surface area contributed by atoms with Crippen molar-refractivity contribution in [2.45, 2.75) is 19.8 Å². The molecule has 0 amide bonds. The molecule has 0 unspecified atom stereocenters. The van der Waals surface area contributed by atoms with E-state index in [4.69, 9.17) is 5.73 Å². The lowest BCUT2D eigenvalue weighted by Crippen LogP contribution is -2.02. The van der Waals surface area contributed by atoms with Crippen LogP contribution in [0.4, 0.5) is 5.82 Å². The summed E-state index contributed by atoms with van der Waals surface area (Å²) in [6.07, 6.45) is 2.38. The number of carbonyl (C=O) groups is 1.